The minimum atomic E-state index is -0.541. The van der Waals surface area contributed by atoms with Gasteiger partial charge in [0, 0.05) is 13.1 Å². The van der Waals surface area contributed by atoms with E-state index < -0.39 is 6.10 Å². The summed E-state index contributed by atoms with van der Waals surface area (Å²) in [5.74, 6) is 0.697. The van der Waals surface area contributed by atoms with Gasteiger partial charge < -0.3 is 19.5 Å². The van der Waals surface area contributed by atoms with E-state index in [1.807, 2.05) is 12.1 Å². The number of hydrogen-bond acceptors (Lipinski definition) is 6. The molecule has 0 bridgehead atoms. The second-order valence-corrected chi connectivity index (χ2v) is 8.05. The van der Waals surface area contributed by atoms with Gasteiger partial charge >= 0.3 is 5.97 Å². The van der Waals surface area contributed by atoms with Gasteiger partial charge in [-0.3, -0.25) is 9.69 Å². The average Bonchev–Trinajstić information content (AvgIpc) is 2.73. The van der Waals surface area contributed by atoms with E-state index in [0.29, 0.717) is 6.54 Å². The Balaban J connectivity index is 1.39. The summed E-state index contributed by atoms with van der Waals surface area (Å²) < 4.78 is 10.7. The van der Waals surface area contributed by atoms with Crippen LogP contribution in [0.25, 0.3) is 0 Å². The number of β-amino-alcohol motifs (C(OH)–C–C–N with tert-alkyl or cyclic N) is 1. The number of nitrogens with zero attached hydrogens (tertiary/aromatic N) is 2. The molecule has 1 unspecified atom stereocenters. The zero-order valence-corrected chi connectivity index (χ0v) is 17.0. The number of likely N-dealkylation sites (tertiary alicyclic amines) is 2. The highest BCUT2D eigenvalue weighted by Crippen LogP contribution is 2.20. The van der Waals surface area contributed by atoms with Crippen LogP contribution in [0.1, 0.15) is 37.7 Å². The Morgan fingerprint density at radius 1 is 1.14 bits per heavy atom. The molecule has 1 N–H and O–H groups in total. The highest BCUT2D eigenvalue weighted by molar-refractivity contribution is 5.72. The van der Waals surface area contributed by atoms with Gasteiger partial charge in [-0.05, 0) is 69.6 Å². The van der Waals surface area contributed by atoms with Gasteiger partial charge in [-0.2, -0.15) is 0 Å². The maximum atomic E-state index is 11.6. The quantitative estimate of drug-likeness (QED) is 0.688. The second kappa shape index (κ2) is 10.8. The molecule has 0 aromatic heterocycles. The molecule has 28 heavy (non-hydrogen) atoms. The average molecular weight is 391 g/mol. The molecule has 0 saturated carbocycles. The molecule has 2 heterocycles. The summed E-state index contributed by atoms with van der Waals surface area (Å²) in [6.45, 7) is 5.79. The molecule has 0 spiro atoms. The normalized spacial score (nSPS) is 20.6. The van der Waals surface area contributed by atoms with Crippen molar-refractivity contribution in [3.63, 3.8) is 0 Å². The number of rotatable bonds is 8. The first kappa shape index (κ1) is 21.1. The van der Waals surface area contributed by atoms with Crippen LogP contribution in [0, 0.1) is 5.92 Å². The van der Waals surface area contributed by atoms with Crippen molar-refractivity contribution in [2.75, 3.05) is 46.4 Å². The van der Waals surface area contributed by atoms with Gasteiger partial charge in [0.1, 0.15) is 18.5 Å². The monoisotopic (exact) mass is 390 g/mol. The highest BCUT2D eigenvalue weighted by atomic mass is 16.5. The fourth-order valence-corrected chi connectivity index (χ4v) is 4.17. The Labute approximate surface area is 168 Å². The van der Waals surface area contributed by atoms with E-state index in [-0.39, 0.29) is 18.5 Å². The fourth-order valence-electron chi connectivity index (χ4n) is 4.17. The van der Waals surface area contributed by atoms with Crippen LogP contribution < -0.4 is 4.74 Å². The number of esters is 1. The number of aliphatic hydroxyl groups is 1. The number of piperidine rings is 2. The van der Waals surface area contributed by atoms with Crippen molar-refractivity contribution >= 4 is 5.97 Å². The third-order valence-electron chi connectivity index (χ3n) is 5.79. The molecule has 0 aliphatic carbocycles. The lowest BCUT2D eigenvalue weighted by molar-refractivity contribution is -0.147. The first-order chi connectivity index (χ1) is 13.6. The maximum Gasteiger partial charge on any atom is 0.308 e. The zero-order valence-electron chi connectivity index (χ0n) is 17.0. The Morgan fingerprint density at radius 2 is 1.89 bits per heavy atom. The number of aliphatic hydroxyl groups excluding tert-OH is 1. The lowest BCUT2D eigenvalue weighted by atomic mass is 9.97. The van der Waals surface area contributed by atoms with E-state index in [2.05, 4.69) is 21.9 Å². The van der Waals surface area contributed by atoms with Gasteiger partial charge in [-0.15, -0.1) is 0 Å². The SMILES string of the molecule is COC(=O)C1CCN(CC(O)COc2cccc(CN3CCCCC3)c2)CC1. The van der Waals surface area contributed by atoms with Crippen LogP contribution in [-0.4, -0.2) is 73.4 Å². The van der Waals surface area contributed by atoms with Gasteiger partial charge in [0.2, 0.25) is 0 Å². The minimum Gasteiger partial charge on any atom is -0.491 e. The third kappa shape index (κ3) is 6.47. The summed E-state index contributed by atoms with van der Waals surface area (Å²) in [5, 5.41) is 10.3. The van der Waals surface area contributed by atoms with E-state index in [4.69, 9.17) is 9.47 Å². The Morgan fingerprint density at radius 3 is 2.61 bits per heavy atom. The van der Waals surface area contributed by atoms with Gasteiger partial charge in [0.15, 0.2) is 0 Å². The lowest BCUT2D eigenvalue weighted by Gasteiger charge is -2.31. The van der Waals surface area contributed by atoms with E-state index in [1.165, 1.54) is 45.0 Å². The van der Waals surface area contributed by atoms with Crippen LogP contribution in [0.15, 0.2) is 24.3 Å². The van der Waals surface area contributed by atoms with E-state index in [1.54, 1.807) is 0 Å². The highest BCUT2D eigenvalue weighted by Gasteiger charge is 2.26. The largest absolute Gasteiger partial charge is 0.491 e. The lowest BCUT2D eigenvalue weighted by Crippen LogP contribution is -2.42. The molecular formula is C22H34N2O4. The Bertz CT molecular complexity index is 610. The van der Waals surface area contributed by atoms with Crippen molar-refractivity contribution in [3.05, 3.63) is 29.8 Å². The van der Waals surface area contributed by atoms with Crippen molar-refractivity contribution in [2.24, 2.45) is 5.92 Å². The van der Waals surface area contributed by atoms with E-state index in [0.717, 1.165) is 38.2 Å². The third-order valence-corrected chi connectivity index (χ3v) is 5.79. The Kier molecular flexibility index (Phi) is 8.13. The van der Waals surface area contributed by atoms with Crippen LogP contribution in [0.3, 0.4) is 0 Å². The number of hydrogen-bond donors (Lipinski definition) is 1. The van der Waals surface area contributed by atoms with Crippen LogP contribution in [0.2, 0.25) is 0 Å². The van der Waals surface area contributed by atoms with Crippen molar-refractivity contribution in [2.45, 2.75) is 44.8 Å². The molecule has 3 rings (SSSR count). The standard InChI is InChI=1S/C22H34N2O4/c1-27-22(26)19-8-12-24(13-9-19)16-20(25)17-28-21-7-5-6-18(14-21)15-23-10-3-2-4-11-23/h5-7,14,19-20,25H,2-4,8-13,15-17H2,1H3. The first-order valence-electron chi connectivity index (χ1n) is 10.6. The molecule has 6 nitrogen and oxygen atoms in total. The first-order valence-corrected chi connectivity index (χ1v) is 10.6. The predicted octanol–water partition coefficient (Wildman–Crippen LogP) is 2.30. The van der Waals surface area contributed by atoms with Gasteiger partial charge in [0.25, 0.3) is 0 Å². The number of carbonyl (C=O) groups excluding carboxylic acids is 1. The number of methoxy groups -OCH3 is 1. The molecule has 2 aliphatic rings. The smallest absolute Gasteiger partial charge is 0.308 e. The maximum absolute atomic E-state index is 11.6. The second-order valence-electron chi connectivity index (χ2n) is 8.05. The molecule has 0 amide bonds. The van der Waals surface area contributed by atoms with Gasteiger partial charge in [0.05, 0.1) is 13.0 Å². The molecule has 156 valence electrons. The van der Waals surface area contributed by atoms with E-state index >= 15 is 0 Å². The molecule has 1 atom stereocenters. The van der Waals surface area contributed by atoms with Crippen molar-refractivity contribution in [3.8, 4) is 5.75 Å². The summed E-state index contributed by atoms with van der Waals surface area (Å²) >= 11 is 0. The van der Waals surface area contributed by atoms with Crippen LogP contribution >= 0.6 is 0 Å². The molecule has 2 fully saturated rings. The molecule has 6 heteroatoms. The molecule has 2 aliphatic heterocycles. The number of benzene rings is 1. The van der Waals surface area contributed by atoms with Crippen molar-refractivity contribution in [1.82, 2.24) is 9.80 Å². The molecule has 2 saturated heterocycles. The molecular weight excluding hydrogens is 356 g/mol. The minimum absolute atomic E-state index is 0.00251. The summed E-state index contributed by atoms with van der Waals surface area (Å²) in [4.78, 5) is 16.3. The number of carbonyl (C=O) groups is 1. The summed E-state index contributed by atoms with van der Waals surface area (Å²) in [7, 11) is 1.44. The molecule has 0 radical (unpaired) electrons. The van der Waals surface area contributed by atoms with Gasteiger partial charge in [-0.1, -0.05) is 18.6 Å². The summed E-state index contributed by atoms with van der Waals surface area (Å²) in [6.07, 6.45) is 4.97. The topological polar surface area (TPSA) is 62.2 Å². The van der Waals surface area contributed by atoms with Crippen molar-refractivity contribution < 1.29 is 19.4 Å². The van der Waals surface area contributed by atoms with Crippen LogP contribution in [0.4, 0.5) is 0 Å². The zero-order chi connectivity index (χ0) is 19.8. The summed E-state index contributed by atoms with van der Waals surface area (Å²) in [5.41, 5.74) is 1.26. The molecule has 1 aromatic rings. The van der Waals surface area contributed by atoms with Gasteiger partial charge in [-0.25, -0.2) is 0 Å². The summed E-state index contributed by atoms with van der Waals surface area (Å²) in [6, 6.07) is 8.21. The van der Waals surface area contributed by atoms with E-state index in [9.17, 15) is 9.90 Å². The van der Waals surface area contributed by atoms with Crippen molar-refractivity contribution in [1.29, 1.82) is 0 Å². The number of ether oxygens (including phenoxy) is 2. The fraction of sp³-hybridized carbons (Fsp3) is 0.682. The predicted molar refractivity (Wildman–Crippen MR) is 108 cm³/mol. The Hall–Kier alpha value is -1.63. The van der Waals surface area contributed by atoms with Crippen LogP contribution in [0.5, 0.6) is 5.75 Å². The van der Waals surface area contributed by atoms with Crippen LogP contribution in [-0.2, 0) is 16.1 Å². The molecule has 1 aromatic carbocycles.